The summed E-state index contributed by atoms with van der Waals surface area (Å²) < 4.78 is 8.50. The number of para-hydroxylation sites is 4. The highest BCUT2D eigenvalue weighted by molar-refractivity contribution is 6.33. The van der Waals surface area contributed by atoms with Gasteiger partial charge < -0.3 is 14.2 Å². The molecular formula is C31H34ClN3O2. The number of amides is 1. The van der Waals surface area contributed by atoms with Gasteiger partial charge in [0.1, 0.15) is 11.6 Å². The van der Waals surface area contributed by atoms with Crippen molar-refractivity contribution >= 4 is 34.2 Å². The average molecular weight is 516 g/mol. The van der Waals surface area contributed by atoms with Crippen LogP contribution in [-0.4, -0.2) is 28.6 Å². The van der Waals surface area contributed by atoms with Crippen molar-refractivity contribution in [1.29, 1.82) is 0 Å². The summed E-state index contributed by atoms with van der Waals surface area (Å²) in [5, 5.41) is 0.595. The highest BCUT2D eigenvalue weighted by Crippen LogP contribution is 2.36. The van der Waals surface area contributed by atoms with Crippen molar-refractivity contribution in [3.8, 4) is 5.75 Å². The normalized spacial score (nSPS) is 16.1. The lowest BCUT2D eigenvalue weighted by molar-refractivity contribution is -0.117. The number of halogens is 1. The topological polar surface area (TPSA) is 47.4 Å². The largest absolute Gasteiger partial charge is 0.493 e. The van der Waals surface area contributed by atoms with Crippen molar-refractivity contribution in [1.82, 2.24) is 9.55 Å². The predicted octanol–water partition coefficient (Wildman–Crippen LogP) is 7.37. The first-order valence-electron chi connectivity index (χ1n) is 13.1. The Balaban J connectivity index is 1.29. The Kier molecular flexibility index (Phi) is 7.25. The van der Waals surface area contributed by atoms with Gasteiger partial charge in [-0.25, -0.2) is 4.98 Å². The number of aryl methyl sites for hydroxylation is 1. The van der Waals surface area contributed by atoms with Crippen LogP contribution < -0.4 is 9.64 Å². The fourth-order valence-corrected chi connectivity index (χ4v) is 5.43. The van der Waals surface area contributed by atoms with Crippen molar-refractivity contribution in [3.63, 3.8) is 0 Å². The second-order valence-corrected chi connectivity index (χ2v) is 11.2. The summed E-state index contributed by atoms with van der Waals surface area (Å²) in [5.41, 5.74) is 4.12. The number of unbranched alkanes of at least 4 members (excludes halogenated alkanes) is 1. The molecule has 1 amide bonds. The molecule has 2 heterocycles. The molecule has 5 rings (SSSR count). The molecule has 0 aliphatic carbocycles. The Bertz CT molecular complexity index is 1410. The van der Waals surface area contributed by atoms with Gasteiger partial charge in [-0.3, -0.25) is 4.79 Å². The zero-order valence-electron chi connectivity index (χ0n) is 21.8. The van der Waals surface area contributed by atoms with E-state index in [0.717, 1.165) is 47.7 Å². The van der Waals surface area contributed by atoms with Crippen LogP contribution in [0.2, 0.25) is 5.02 Å². The average Bonchev–Trinajstić information content (AvgIpc) is 3.44. The number of aromatic nitrogens is 2. The SMILES string of the molecule is CC(C)(C)c1ccccc1OCCCCn1c(C2CC(=O)N(c3ccccc3Cl)C2)nc2ccccc21. The van der Waals surface area contributed by atoms with E-state index in [2.05, 4.69) is 49.6 Å². The molecule has 0 radical (unpaired) electrons. The van der Waals surface area contributed by atoms with Crippen molar-refractivity contribution in [3.05, 3.63) is 89.2 Å². The van der Waals surface area contributed by atoms with E-state index >= 15 is 0 Å². The number of rotatable bonds is 8. The van der Waals surface area contributed by atoms with Crippen LogP contribution in [0.5, 0.6) is 5.75 Å². The third-order valence-electron chi connectivity index (χ3n) is 7.05. The quantitative estimate of drug-likeness (QED) is 0.230. The Morgan fingerprint density at radius 3 is 2.51 bits per heavy atom. The summed E-state index contributed by atoms with van der Waals surface area (Å²) in [6, 6.07) is 24.1. The number of hydrogen-bond acceptors (Lipinski definition) is 3. The lowest BCUT2D eigenvalue weighted by Crippen LogP contribution is -2.24. The number of nitrogens with zero attached hydrogens (tertiary/aromatic N) is 3. The summed E-state index contributed by atoms with van der Waals surface area (Å²) in [6.45, 7) is 8.71. The van der Waals surface area contributed by atoms with Crippen LogP contribution >= 0.6 is 11.6 Å². The Hall–Kier alpha value is -3.31. The van der Waals surface area contributed by atoms with Gasteiger partial charge in [-0.1, -0.05) is 74.8 Å². The van der Waals surface area contributed by atoms with Crippen molar-refractivity contribution in [2.45, 2.75) is 57.9 Å². The molecule has 1 aliphatic heterocycles. The maximum absolute atomic E-state index is 13.0. The highest BCUT2D eigenvalue weighted by Gasteiger charge is 2.35. The molecule has 4 aromatic rings. The van der Waals surface area contributed by atoms with Crippen LogP contribution in [0.15, 0.2) is 72.8 Å². The van der Waals surface area contributed by atoms with Crippen LogP contribution in [-0.2, 0) is 16.8 Å². The Morgan fingerprint density at radius 2 is 1.70 bits per heavy atom. The molecule has 3 aromatic carbocycles. The second kappa shape index (κ2) is 10.6. The predicted molar refractivity (Wildman–Crippen MR) is 151 cm³/mol. The molecule has 1 saturated heterocycles. The molecule has 1 atom stereocenters. The molecule has 1 fully saturated rings. The molecule has 6 heteroatoms. The molecule has 192 valence electrons. The van der Waals surface area contributed by atoms with Crippen molar-refractivity contribution < 1.29 is 9.53 Å². The van der Waals surface area contributed by atoms with Gasteiger partial charge in [-0.2, -0.15) is 0 Å². The van der Waals surface area contributed by atoms with Crippen molar-refractivity contribution in [2.24, 2.45) is 0 Å². The van der Waals surface area contributed by atoms with E-state index in [1.54, 1.807) is 4.90 Å². The minimum absolute atomic E-state index is 0.0195. The zero-order chi connectivity index (χ0) is 26.0. The summed E-state index contributed by atoms with van der Waals surface area (Å²) in [7, 11) is 0. The number of anilines is 1. The Morgan fingerprint density at radius 1 is 0.973 bits per heavy atom. The summed E-state index contributed by atoms with van der Waals surface area (Å²) in [6.07, 6.45) is 2.32. The molecular weight excluding hydrogens is 482 g/mol. The first kappa shape index (κ1) is 25.3. The minimum Gasteiger partial charge on any atom is -0.493 e. The first-order valence-corrected chi connectivity index (χ1v) is 13.4. The Labute approximate surface area is 224 Å². The van der Waals surface area contributed by atoms with Gasteiger partial charge in [-0.05, 0) is 54.2 Å². The number of imidazole rings is 1. The molecule has 0 N–H and O–H groups in total. The van der Waals surface area contributed by atoms with Gasteiger partial charge in [0.05, 0.1) is 28.4 Å². The number of carbonyl (C=O) groups is 1. The molecule has 0 saturated carbocycles. The number of fused-ring (bicyclic) bond motifs is 1. The molecule has 1 aromatic heterocycles. The van der Waals surface area contributed by atoms with E-state index in [-0.39, 0.29) is 17.2 Å². The van der Waals surface area contributed by atoms with Crippen LogP contribution in [0.25, 0.3) is 11.0 Å². The van der Waals surface area contributed by atoms with Gasteiger partial charge in [0.25, 0.3) is 0 Å². The fourth-order valence-electron chi connectivity index (χ4n) is 5.19. The number of hydrogen-bond donors (Lipinski definition) is 0. The second-order valence-electron chi connectivity index (χ2n) is 10.8. The lowest BCUT2D eigenvalue weighted by Gasteiger charge is -2.22. The third kappa shape index (κ3) is 5.37. The molecule has 0 spiro atoms. The summed E-state index contributed by atoms with van der Waals surface area (Å²) in [5.74, 6) is 2.05. The van der Waals surface area contributed by atoms with E-state index in [9.17, 15) is 4.79 Å². The van der Waals surface area contributed by atoms with Gasteiger partial charge in [0.2, 0.25) is 5.91 Å². The number of carbonyl (C=O) groups excluding carboxylic acids is 1. The smallest absolute Gasteiger partial charge is 0.227 e. The number of ether oxygens (including phenoxy) is 1. The van der Waals surface area contributed by atoms with Gasteiger partial charge in [0, 0.05) is 25.4 Å². The maximum Gasteiger partial charge on any atom is 0.227 e. The molecule has 1 unspecified atom stereocenters. The zero-order valence-corrected chi connectivity index (χ0v) is 22.5. The van der Waals surface area contributed by atoms with Gasteiger partial charge in [-0.15, -0.1) is 0 Å². The van der Waals surface area contributed by atoms with Gasteiger partial charge in [0.15, 0.2) is 0 Å². The minimum atomic E-state index is 0.0195. The van der Waals surface area contributed by atoms with Crippen molar-refractivity contribution in [2.75, 3.05) is 18.1 Å². The first-order chi connectivity index (χ1) is 17.8. The van der Waals surface area contributed by atoms with Crippen LogP contribution in [0.4, 0.5) is 5.69 Å². The third-order valence-corrected chi connectivity index (χ3v) is 7.37. The fraction of sp³-hybridized carbons (Fsp3) is 0.355. The summed E-state index contributed by atoms with van der Waals surface area (Å²) in [4.78, 5) is 19.8. The lowest BCUT2D eigenvalue weighted by atomic mass is 9.86. The maximum atomic E-state index is 13.0. The highest BCUT2D eigenvalue weighted by atomic mass is 35.5. The van der Waals surface area contributed by atoms with E-state index in [0.29, 0.717) is 24.6 Å². The molecule has 5 nitrogen and oxygen atoms in total. The molecule has 0 bridgehead atoms. The van der Waals surface area contributed by atoms with Gasteiger partial charge >= 0.3 is 0 Å². The van der Waals surface area contributed by atoms with Crippen LogP contribution in [0.3, 0.4) is 0 Å². The standard InChI is InChI=1S/C31H34ClN3O2/c1-31(2,3)23-12-4-9-17-28(23)37-19-11-10-18-34-27-16-8-6-14-25(27)33-30(34)22-20-29(36)35(21-22)26-15-7-5-13-24(26)32/h4-9,12-17,22H,10-11,18-21H2,1-3H3. The monoisotopic (exact) mass is 515 g/mol. The number of benzene rings is 3. The van der Waals surface area contributed by atoms with E-state index < -0.39 is 0 Å². The van der Waals surface area contributed by atoms with E-state index in [1.807, 2.05) is 48.5 Å². The summed E-state index contributed by atoms with van der Waals surface area (Å²) >= 11 is 6.41. The van der Waals surface area contributed by atoms with E-state index in [4.69, 9.17) is 21.3 Å². The molecule has 1 aliphatic rings. The van der Waals surface area contributed by atoms with Crippen LogP contribution in [0.1, 0.15) is 57.3 Å². The van der Waals surface area contributed by atoms with E-state index in [1.165, 1.54) is 5.56 Å². The molecule has 37 heavy (non-hydrogen) atoms. The van der Waals surface area contributed by atoms with Crippen LogP contribution in [0, 0.1) is 0 Å².